The average Bonchev–Trinajstić information content (AvgIpc) is 2.89. The van der Waals surface area contributed by atoms with E-state index < -0.39 is 10.2 Å². The van der Waals surface area contributed by atoms with Crippen LogP contribution in [-0.2, 0) is 10.2 Å². The summed E-state index contributed by atoms with van der Waals surface area (Å²) in [7, 11) is 1.16. The van der Waals surface area contributed by atoms with Gasteiger partial charge in [0.25, 0.3) is 0 Å². The molecular weight excluding hydrogens is 476 g/mol. The lowest BCUT2D eigenvalue weighted by molar-refractivity contribution is 0.438. The highest BCUT2D eigenvalue weighted by Gasteiger charge is 2.25. The van der Waals surface area contributed by atoms with Crippen molar-refractivity contribution in [3.8, 4) is 0 Å². The van der Waals surface area contributed by atoms with Gasteiger partial charge in [-0.05, 0) is 44.4 Å². The van der Waals surface area contributed by atoms with E-state index in [0.717, 1.165) is 11.7 Å². The molecule has 1 nitrogen and oxygen atoms in total. The zero-order valence-corrected chi connectivity index (χ0v) is 26.5. The Bertz CT molecular complexity index is 412. The van der Waals surface area contributed by atoms with E-state index in [9.17, 15) is 4.55 Å². The molecule has 2 atom stereocenters. The molecule has 3 heteroatoms. The lowest BCUT2D eigenvalue weighted by atomic mass is 9.96. The maximum atomic E-state index is 13.5. The summed E-state index contributed by atoms with van der Waals surface area (Å²) in [4.78, 5) is 0. The van der Waals surface area contributed by atoms with Crippen molar-refractivity contribution < 1.29 is 4.55 Å². The fourth-order valence-corrected chi connectivity index (χ4v) is 9.55. The molecule has 1 saturated carbocycles. The molecule has 0 aromatic rings. The van der Waals surface area contributed by atoms with E-state index in [-0.39, 0.29) is 0 Å². The first-order valence-corrected chi connectivity index (χ1v) is 19.5. The van der Waals surface area contributed by atoms with E-state index in [2.05, 4.69) is 13.8 Å². The monoisotopic (exact) mass is 542 g/mol. The lowest BCUT2D eigenvalue weighted by Crippen LogP contribution is -2.20. The van der Waals surface area contributed by atoms with E-state index in [4.69, 9.17) is 0 Å². The molecule has 1 aliphatic carbocycles. The maximum absolute atomic E-state index is 13.5. The molecule has 0 N–H and O–H groups in total. The van der Waals surface area contributed by atoms with Crippen molar-refractivity contribution in [2.75, 3.05) is 5.75 Å². The second kappa shape index (κ2) is 27.2. The third kappa shape index (κ3) is 21.6. The Morgan fingerprint density at radius 1 is 0.556 bits per heavy atom. The van der Waals surface area contributed by atoms with Crippen LogP contribution in [0.1, 0.15) is 194 Å². The number of hydrogen-bond acceptors (Lipinski definition) is 2. The van der Waals surface area contributed by atoms with Crippen LogP contribution in [0.5, 0.6) is 0 Å². The van der Waals surface area contributed by atoms with Crippen molar-refractivity contribution in [1.29, 1.82) is 0 Å². The molecule has 0 aliphatic heterocycles. The molecule has 36 heavy (non-hydrogen) atoms. The zero-order chi connectivity index (χ0) is 25.9. The van der Waals surface area contributed by atoms with E-state index >= 15 is 0 Å². The van der Waals surface area contributed by atoms with Crippen molar-refractivity contribution in [2.24, 2.45) is 5.92 Å². The van der Waals surface area contributed by atoms with Gasteiger partial charge in [0.1, 0.15) is 5.25 Å². The Balaban J connectivity index is 2.46. The van der Waals surface area contributed by atoms with Crippen LogP contribution in [-0.4, -0.2) is 15.6 Å². The fourth-order valence-electron chi connectivity index (χ4n) is 5.85. The number of unbranched alkanes of at least 4 members (excludes halogenated alkanes) is 8. The highest BCUT2D eigenvalue weighted by atomic mass is 33.1. The van der Waals surface area contributed by atoms with Crippen molar-refractivity contribution >= 4 is 21.0 Å². The van der Waals surface area contributed by atoms with Gasteiger partial charge in [-0.1, -0.05) is 155 Å². The molecule has 1 rings (SSSR count). The Hall–Kier alpha value is 0.660. The molecule has 1 aliphatic rings. The van der Waals surface area contributed by atoms with Crippen LogP contribution in [0.3, 0.4) is 0 Å². The highest BCUT2D eigenvalue weighted by Crippen LogP contribution is 2.32. The molecule has 0 bridgehead atoms. The first-order chi connectivity index (χ1) is 17.8. The average molecular weight is 543 g/mol. The quantitative estimate of drug-likeness (QED) is 0.110. The minimum Gasteiger partial charge on any atom is -0.605 e. The van der Waals surface area contributed by atoms with Gasteiger partial charge in [0.15, 0.2) is 0 Å². The molecule has 1 fully saturated rings. The summed E-state index contributed by atoms with van der Waals surface area (Å²) in [6.07, 6.45) is 38.6. The molecule has 0 spiro atoms. The highest BCUT2D eigenvalue weighted by molar-refractivity contribution is 8.72. The molecule has 0 radical (unpaired) electrons. The van der Waals surface area contributed by atoms with Gasteiger partial charge in [-0.3, -0.25) is 0 Å². The predicted molar refractivity (Wildman–Crippen MR) is 169 cm³/mol. The summed E-state index contributed by atoms with van der Waals surface area (Å²) in [6.45, 7) is 4.58. The first kappa shape index (κ1) is 34.7. The normalized spacial score (nSPS) is 20.1. The SMILES string of the molecule is CCCCCCCCC(CCCCCC)[S+]([O-])SCC1CCCCCCCCCCCCCCCC1. The van der Waals surface area contributed by atoms with Crippen LogP contribution in [0.2, 0.25) is 0 Å². The van der Waals surface area contributed by atoms with Crippen LogP contribution in [0, 0.1) is 5.92 Å². The minimum absolute atomic E-state index is 0.438. The molecule has 2 unspecified atom stereocenters. The van der Waals surface area contributed by atoms with Gasteiger partial charge in [0, 0.05) is 16.0 Å². The summed E-state index contributed by atoms with van der Waals surface area (Å²) >= 11 is 0. The molecular formula is C33H66OS2. The summed E-state index contributed by atoms with van der Waals surface area (Å²) in [5, 5.41) is 0.438. The van der Waals surface area contributed by atoms with E-state index in [1.807, 2.05) is 10.8 Å². The minimum atomic E-state index is -0.692. The largest absolute Gasteiger partial charge is 0.605 e. The van der Waals surface area contributed by atoms with Gasteiger partial charge in [0.2, 0.25) is 0 Å². The summed E-state index contributed by atoms with van der Waals surface area (Å²) < 4.78 is 13.5. The Morgan fingerprint density at radius 2 is 0.917 bits per heavy atom. The van der Waals surface area contributed by atoms with Gasteiger partial charge in [0.05, 0.1) is 10.8 Å². The molecule has 0 heterocycles. The molecule has 0 saturated heterocycles. The fraction of sp³-hybridized carbons (Fsp3) is 1.00. The Morgan fingerprint density at radius 3 is 1.36 bits per heavy atom. The van der Waals surface area contributed by atoms with Gasteiger partial charge >= 0.3 is 0 Å². The van der Waals surface area contributed by atoms with Gasteiger partial charge in [-0.25, -0.2) is 0 Å². The second-order valence-corrected chi connectivity index (χ2v) is 15.4. The Labute approximate surface area is 235 Å². The van der Waals surface area contributed by atoms with Crippen LogP contribution in [0.25, 0.3) is 0 Å². The van der Waals surface area contributed by atoms with Crippen LogP contribution in [0.15, 0.2) is 0 Å². The van der Waals surface area contributed by atoms with Crippen LogP contribution < -0.4 is 0 Å². The summed E-state index contributed by atoms with van der Waals surface area (Å²) in [6, 6.07) is 0. The lowest BCUT2D eigenvalue weighted by Gasteiger charge is -2.22. The van der Waals surface area contributed by atoms with Gasteiger partial charge in [-0.2, -0.15) is 0 Å². The van der Waals surface area contributed by atoms with Crippen LogP contribution >= 0.6 is 10.8 Å². The molecule has 216 valence electrons. The zero-order valence-electron chi connectivity index (χ0n) is 24.9. The summed E-state index contributed by atoms with van der Waals surface area (Å²) in [5.74, 6) is 1.94. The smallest absolute Gasteiger partial charge is 0.127 e. The third-order valence-corrected chi connectivity index (χ3v) is 12.2. The van der Waals surface area contributed by atoms with E-state index in [1.165, 1.54) is 180 Å². The van der Waals surface area contributed by atoms with Crippen LogP contribution in [0.4, 0.5) is 0 Å². The molecule has 0 amide bonds. The number of hydrogen-bond donors (Lipinski definition) is 0. The number of rotatable bonds is 16. The standard InChI is InChI=1S/C33H66OS2/c1-3-5-7-9-22-26-30-33(29-25-8-6-4-2)36(34)35-31-32-27-23-20-18-16-14-12-10-11-13-15-17-19-21-24-28-32/h32-33H,3-31H2,1-2H3. The Kier molecular flexibility index (Phi) is 26.2. The topological polar surface area (TPSA) is 23.1 Å². The molecule has 0 aromatic carbocycles. The maximum Gasteiger partial charge on any atom is 0.127 e. The third-order valence-electron chi connectivity index (χ3n) is 8.43. The van der Waals surface area contributed by atoms with Gasteiger partial charge in [-0.15, -0.1) is 0 Å². The van der Waals surface area contributed by atoms with Crippen molar-refractivity contribution in [2.45, 2.75) is 199 Å². The second-order valence-electron chi connectivity index (χ2n) is 12.0. The predicted octanol–water partition coefficient (Wildman–Crippen LogP) is 12.3. The van der Waals surface area contributed by atoms with E-state index in [0.29, 0.717) is 5.25 Å². The van der Waals surface area contributed by atoms with Gasteiger partial charge < -0.3 is 4.55 Å². The molecule has 0 aromatic heterocycles. The summed E-state index contributed by atoms with van der Waals surface area (Å²) in [5.41, 5.74) is 0. The van der Waals surface area contributed by atoms with E-state index in [1.54, 1.807) is 0 Å². The first-order valence-electron chi connectivity index (χ1n) is 16.8. The van der Waals surface area contributed by atoms with Crippen molar-refractivity contribution in [3.63, 3.8) is 0 Å². The van der Waals surface area contributed by atoms with Crippen molar-refractivity contribution in [1.82, 2.24) is 0 Å². The van der Waals surface area contributed by atoms with Crippen molar-refractivity contribution in [3.05, 3.63) is 0 Å².